The Morgan fingerprint density at radius 3 is 2.64 bits per heavy atom. The summed E-state index contributed by atoms with van der Waals surface area (Å²) in [5.41, 5.74) is 1.22. The Bertz CT molecular complexity index is 566. The first-order chi connectivity index (χ1) is 11.9. The van der Waals surface area contributed by atoms with Gasteiger partial charge in [0.05, 0.1) is 0 Å². The second-order valence-corrected chi connectivity index (χ2v) is 8.57. The number of rotatable bonds is 6. The highest BCUT2D eigenvalue weighted by molar-refractivity contribution is 7.99. The quantitative estimate of drug-likeness (QED) is 0.591. The van der Waals surface area contributed by atoms with Gasteiger partial charge >= 0.3 is 0 Å². The first-order valence-corrected chi connectivity index (χ1v) is 10.0. The highest BCUT2D eigenvalue weighted by Crippen LogP contribution is 2.19. The molecule has 0 unspecified atom stereocenters. The molecule has 1 aliphatic heterocycles. The first-order valence-electron chi connectivity index (χ1n) is 8.81. The van der Waals surface area contributed by atoms with Gasteiger partial charge in [0.15, 0.2) is 5.96 Å². The van der Waals surface area contributed by atoms with Gasteiger partial charge in [-0.2, -0.15) is 11.8 Å². The molecule has 1 fully saturated rings. The summed E-state index contributed by atoms with van der Waals surface area (Å²) in [6.45, 7) is 10.3. The summed E-state index contributed by atoms with van der Waals surface area (Å²) in [6, 6.07) is 4.24. The SMILES string of the molecule is CN=C(NCc1ccnc(N2CCN(C)CC2)c1)NCC(C)(C)SC. The van der Waals surface area contributed by atoms with Crippen molar-refractivity contribution in [1.82, 2.24) is 20.5 Å². The van der Waals surface area contributed by atoms with Crippen molar-refractivity contribution in [1.29, 1.82) is 0 Å². The van der Waals surface area contributed by atoms with Crippen LogP contribution in [0.15, 0.2) is 23.3 Å². The predicted octanol–water partition coefficient (Wildman–Crippen LogP) is 1.64. The third kappa shape index (κ3) is 6.40. The van der Waals surface area contributed by atoms with Crippen molar-refractivity contribution < 1.29 is 0 Å². The summed E-state index contributed by atoms with van der Waals surface area (Å²) in [6.07, 6.45) is 4.03. The number of anilines is 1. The van der Waals surface area contributed by atoms with Crippen molar-refractivity contribution in [3.8, 4) is 0 Å². The number of likely N-dealkylation sites (N-methyl/N-ethyl adjacent to an activating group) is 1. The lowest BCUT2D eigenvalue weighted by Crippen LogP contribution is -2.45. The number of pyridine rings is 1. The zero-order valence-electron chi connectivity index (χ0n) is 16.2. The lowest BCUT2D eigenvalue weighted by atomic mass is 10.2. The normalized spacial score (nSPS) is 16.8. The van der Waals surface area contributed by atoms with Gasteiger partial charge in [-0.1, -0.05) is 0 Å². The topological polar surface area (TPSA) is 55.8 Å². The van der Waals surface area contributed by atoms with Crippen molar-refractivity contribution in [3.05, 3.63) is 23.9 Å². The Hall–Kier alpha value is -1.47. The summed E-state index contributed by atoms with van der Waals surface area (Å²) in [5.74, 6) is 1.90. The van der Waals surface area contributed by atoms with Gasteiger partial charge < -0.3 is 20.4 Å². The highest BCUT2D eigenvalue weighted by atomic mass is 32.2. The number of aromatic nitrogens is 1. The minimum atomic E-state index is 0.183. The maximum atomic E-state index is 4.55. The fraction of sp³-hybridized carbons (Fsp3) is 0.667. The van der Waals surface area contributed by atoms with Crippen LogP contribution in [0.3, 0.4) is 0 Å². The van der Waals surface area contributed by atoms with Crippen molar-refractivity contribution >= 4 is 23.5 Å². The van der Waals surface area contributed by atoms with Gasteiger partial charge in [0.1, 0.15) is 5.82 Å². The van der Waals surface area contributed by atoms with E-state index in [1.54, 1.807) is 0 Å². The molecule has 6 nitrogen and oxygen atoms in total. The molecule has 2 heterocycles. The number of piperazine rings is 1. The number of aliphatic imine (C=N–C) groups is 1. The second kappa shape index (κ2) is 9.29. The molecule has 7 heteroatoms. The van der Waals surface area contributed by atoms with Gasteiger partial charge in [-0.25, -0.2) is 4.98 Å². The van der Waals surface area contributed by atoms with Crippen LogP contribution in [0.2, 0.25) is 0 Å². The fourth-order valence-corrected chi connectivity index (χ4v) is 2.77. The highest BCUT2D eigenvalue weighted by Gasteiger charge is 2.17. The third-order valence-corrected chi connectivity index (χ3v) is 5.80. The number of hydrogen-bond acceptors (Lipinski definition) is 5. The molecule has 25 heavy (non-hydrogen) atoms. The lowest BCUT2D eigenvalue weighted by molar-refractivity contribution is 0.312. The zero-order valence-corrected chi connectivity index (χ0v) is 17.0. The average molecular weight is 365 g/mol. The zero-order chi connectivity index (χ0) is 18.3. The van der Waals surface area contributed by atoms with Crippen LogP contribution in [0.25, 0.3) is 0 Å². The van der Waals surface area contributed by atoms with Crippen LogP contribution < -0.4 is 15.5 Å². The lowest BCUT2D eigenvalue weighted by Gasteiger charge is -2.33. The van der Waals surface area contributed by atoms with E-state index in [-0.39, 0.29) is 4.75 Å². The number of thioether (sulfide) groups is 1. The molecule has 1 aliphatic rings. The summed E-state index contributed by atoms with van der Waals surface area (Å²) >= 11 is 1.85. The van der Waals surface area contributed by atoms with Crippen molar-refractivity contribution in [2.24, 2.45) is 4.99 Å². The van der Waals surface area contributed by atoms with E-state index in [0.717, 1.165) is 51.0 Å². The van der Waals surface area contributed by atoms with Crippen molar-refractivity contribution in [2.45, 2.75) is 25.1 Å². The predicted molar refractivity (Wildman–Crippen MR) is 110 cm³/mol. The maximum absolute atomic E-state index is 4.55. The largest absolute Gasteiger partial charge is 0.355 e. The van der Waals surface area contributed by atoms with Crippen LogP contribution in [0.4, 0.5) is 5.82 Å². The molecular weight excluding hydrogens is 332 g/mol. The molecule has 140 valence electrons. The van der Waals surface area contributed by atoms with E-state index in [4.69, 9.17) is 0 Å². The standard InChI is InChI=1S/C18H32N6S/c1-18(2,25-5)14-22-17(19-3)21-13-15-6-7-20-16(12-15)24-10-8-23(4)9-11-24/h6-7,12H,8-11,13-14H2,1-5H3,(H2,19,21,22). The van der Waals surface area contributed by atoms with E-state index in [1.807, 2.05) is 25.0 Å². The van der Waals surface area contributed by atoms with E-state index in [2.05, 4.69) is 69.7 Å². The number of guanidine groups is 1. The summed E-state index contributed by atoms with van der Waals surface area (Å²) < 4.78 is 0.183. The molecule has 1 aromatic heterocycles. The second-order valence-electron chi connectivity index (χ2n) is 7.06. The number of nitrogens with one attached hydrogen (secondary N) is 2. The molecule has 0 aliphatic carbocycles. The molecule has 1 saturated heterocycles. The van der Waals surface area contributed by atoms with Crippen LogP contribution in [0, 0.1) is 0 Å². The van der Waals surface area contributed by atoms with Gasteiger partial charge in [-0.05, 0) is 44.8 Å². The summed E-state index contributed by atoms with van der Waals surface area (Å²) in [7, 11) is 3.98. The van der Waals surface area contributed by atoms with E-state index in [0.29, 0.717) is 0 Å². The van der Waals surface area contributed by atoms with Crippen molar-refractivity contribution in [2.75, 3.05) is 58.0 Å². The van der Waals surface area contributed by atoms with E-state index >= 15 is 0 Å². The van der Waals surface area contributed by atoms with Crippen LogP contribution in [-0.2, 0) is 6.54 Å². The summed E-state index contributed by atoms with van der Waals surface area (Å²) in [5, 5.41) is 6.79. The Labute approximate surface area is 156 Å². The summed E-state index contributed by atoms with van der Waals surface area (Å²) in [4.78, 5) is 13.6. The van der Waals surface area contributed by atoms with E-state index < -0.39 is 0 Å². The molecule has 0 bridgehead atoms. The molecule has 0 aromatic carbocycles. The molecule has 0 saturated carbocycles. The van der Waals surface area contributed by atoms with Crippen LogP contribution in [0.5, 0.6) is 0 Å². The third-order valence-electron chi connectivity index (χ3n) is 4.55. The van der Waals surface area contributed by atoms with Crippen LogP contribution in [-0.4, -0.2) is 73.7 Å². The van der Waals surface area contributed by atoms with E-state index in [1.165, 1.54) is 5.56 Å². The van der Waals surface area contributed by atoms with Gasteiger partial charge in [0.2, 0.25) is 0 Å². The Morgan fingerprint density at radius 2 is 2.00 bits per heavy atom. The minimum Gasteiger partial charge on any atom is -0.355 e. The van der Waals surface area contributed by atoms with Gasteiger partial charge in [0.25, 0.3) is 0 Å². The van der Waals surface area contributed by atoms with Gasteiger partial charge in [-0.15, -0.1) is 0 Å². The molecule has 0 amide bonds. The molecule has 0 radical (unpaired) electrons. The Kier molecular flexibility index (Phi) is 7.38. The maximum Gasteiger partial charge on any atom is 0.191 e. The smallest absolute Gasteiger partial charge is 0.191 e. The van der Waals surface area contributed by atoms with Crippen LogP contribution >= 0.6 is 11.8 Å². The Balaban J connectivity index is 1.88. The Morgan fingerprint density at radius 1 is 1.28 bits per heavy atom. The minimum absolute atomic E-state index is 0.183. The molecule has 2 rings (SSSR count). The molecule has 0 spiro atoms. The van der Waals surface area contributed by atoms with E-state index in [9.17, 15) is 0 Å². The number of nitrogens with zero attached hydrogens (tertiary/aromatic N) is 4. The first kappa shape index (κ1) is 19.8. The molecule has 1 aromatic rings. The molecule has 0 atom stereocenters. The van der Waals surface area contributed by atoms with Crippen LogP contribution in [0.1, 0.15) is 19.4 Å². The fourth-order valence-electron chi connectivity index (χ4n) is 2.55. The molecular formula is C18H32N6S. The average Bonchev–Trinajstić information content (AvgIpc) is 2.62. The van der Waals surface area contributed by atoms with Gasteiger partial charge in [-0.3, -0.25) is 4.99 Å². The molecule has 2 N–H and O–H groups in total. The number of hydrogen-bond donors (Lipinski definition) is 2. The monoisotopic (exact) mass is 364 g/mol. The van der Waals surface area contributed by atoms with Gasteiger partial charge in [0, 0.05) is 57.3 Å². The van der Waals surface area contributed by atoms with Crippen molar-refractivity contribution in [3.63, 3.8) is 0 Å².